The second-order valence-electron chi connectivity index (χ2n) is 6.44. The number of nitrogens with zero attached hydrogens (tertiary/aromatic N) is 3. The molecule has 0 aromatic rings. The molecule has 1 heterocycles. The van der Waals surface area contributed by atoms with Gasteiger partial charge in [-0.3, -0.25) is 14.7 Å². The van der Waals surface area contributed by atoms with E-state index in [-0.39, 0.29) is 0 Å². The number of guanidine groups is 1. The van der Waals surface area contributed by atoms with Crippen molar-refractivity contribution in [3.8, 4) is 0 Å². The van der Waals surface area contributed by atoms with E-state index in [1.54, 1.807) is 0 Å². The summed E-state index contributed by atoms with van der Waals surface area (Å²) in [4.78, 5) is 21.5. The summed E-state index contributed by atoms with van der Waals surface area (Å²) in [5.74, 6) is 1.61. The first-order chi connectivity index (χ1) is 11.2. The van der Waals surface area contributed by atoms with Gasteiger partial charge in [0.15, 0.2) is 5.96 Å². The molecule has 2 rings (SSSR count). The Morgan fingerprint density at radius 2 is 1.65 bits per heavy atom. The summed E-state index contributed by atoms with van der Waals surface area (Å²) in [5.41, 5.74) is 0. The molecular formula is C17H33N5O. The van der Waals surface area contributed by atoms with Crippen molar-refractivity contribution < 1.29 is 4.79 Å². The molecule has 2 fully saturated rings. The Hall–Kier alpha value is -1.30. The molecule has 0 aromatic heterocycles. The zero-order valence-electron chi connectivity index (χ0n) is 14.8. The van der Waals surface area contributed by atoms with Crippen molar-refractivity contribution in [3.05, 3.63) is 0 Å². The van der Waals surface area contributed by atoms with Gasteiger partial charge in [-0.25, -0.2) is 0 Å². The summed E-state index contributed by atoms with van der Waals surface area (Å²) in [5, 5.41) is 6.48. The van der Waals surface area contributed by atoms with Crippen molar-refractivity contribution in [2.45, 2.75) is 39.5 Å². The average Bonchev–Trinajstić information content (AvgIpc) is 3.10. The Labute approximate surface area is 140 Å². The lowest BCUT2D eigenvalue weighted by Crippen LogP contribution is -2.50. The van der Waals surface area contributed by atoms with E-state index in [1.807, 2.05) is 0 Å². The highest BCUT2D eigenvalue weighted by Crippen LogP contribution is 2.26. The van der Waals surface area contributed by atoms with Crippen molar-refractivity contribution in [3.63, 3.8) is 0 Å². The van der Waals surface area contributed by atoms with E-state index in [9.17, 15) is 4.79 Å². The van der Waals surface area contributed by atoms with Gasteiger partial charge in [-0.2, -0.15) is 0 Å². The van der Waals surface area contributed by atoms with Crippen LogP contribution >= 0.6 is 0 Å². The lowest BCUT2D eigenvalue weighted by atomic mass is 10.1. The molecular weight excluding hydrogens is 290 g/mol. The van der Waals surface area contributed by atoms with Gasteiger partial charge in [-0.05, 0) is 26.7 Å². The largest absolute Gasteiger partial charge is 0.357 e. The zero-order valence-corrected chi connectivity index (χ0v) is 14.8. The van der Waals surface area contributed by atoms with Gasteiger partial charge in [0.05, 0.1) is 6.54 Å². The Bertz CT molecular complexity index is 376. The molecule has 0 bridgehead atoms. The van der Waals surface area contributed by atoms with Gasteiger partial charge in [-0.1, -0.05) is 12.8 Å². The van der Waals surface area contributed by atoms with Gasteiger partial charge < -0.3 is 15.5 Å². The second kappa shape index (κ2) is 9.75. The SMILES string of the molecule is CCNC(=NCCN1CCN(C(=O)C2CCCC2)CC1)NCC. The molecule has 1 amide bonds. The summed E-state index contributed by atoms with van der Waals surface area (Å²) < 4.78 is 0. The van der Waals surface area contributed by atoms with Crippen LogP contribution in [0.1, 0.15) is 39.5 Å². The molecule has 0 atom stereocenters. The van der Waals surface area contributed by atoms with Gasteiger partial charge in [0.1, 0.15) is 0 Å². The molecule has 1 saturated carbocycles. The number of hydrogen-bond donors (Lipinski definition) is 2. The monoisotopic (exact) mass is 323 g/mol. The predicted octanol–water partition coefficient (Wildman–Crippen LogP) is 0.896. The standard InChI is InChI=1S/C17H33N5O/c1-3-18-17(19-4-2)20-9-10-21-11-13-22(14-12-21)16(23)15-7-5-6-8-15/h15H,3-14H2,1-2H3,(H2,18,19,20). The fourth-order valence-electron chi connectivity index (χ4n) is 3.44. The average molecular weight is 323 g/mol. The number of carbonyl (C=O) groups excluding carboxylic acids is 1. The molecule has 0 spiro atoms. The van der Waals surface area contributed by atoms with Crippen molar-refractivity contribution >= 4 is 11.9 Å². The molecule has 23 heavy (non-hydrogen) atoms. The summed E-state index contributed by atoms with van der Waals surface area (Å²) in [7, 11) is 0. The maximum absolute atomic E-state index is 12.4. The number of aliphatic imine (C=N–C) groups is 1. The number of nitrogens with one attached hydrogen (secondary N) is 2. The Balaban J connectivity index is 1.68. The predicted molar refractivity (Wildman–Crippen MR) is 94.6 cm³/mol. The van der Waals surface area contributed by atoms with Crippen LogP contribution in [0.5, 0.6) is 0 Å². The molecule has 6 nitrogen and oxygen atoms in total. The number of hydrogen-bond acceptors (Lipinski definition) is 3. The minimum Gasteiger partial charge on any atom is -0.357 e. The van der Waals surface area contributed by atoms with Gasteiger partial charge >= 0.3 is 0 Å². The highest BCUT2D eigenvalue weighted by molar-refractivity contribution is 5.79. The second-order valence-corrected chi connectivity index (χ2v) is 6.44. The van der Waals surface area contributed by atoms with Crippen molar-refractivity contribution in [2.24, 2.45) is 10.9 Å². The van der Waals surface area contributed by atoms with E-state index in [0.29, 0.717) is 11.8 Å². The maximum Gasteiger partial charge on any atom is 0.225 e. The van der Waals surface area contributed by atoms with E-state index < -0.39 is 0 Å². The first-order valence-corrected chi connectivity index (χ1v) is 9.28. The molecule has 132 valence electrons. The number of carbonyl (C=O) groups is 1. The fourth-order valence-corrected chi connectivity index (χ4v) is 3.44. The van der Waals surface area contributed by atoms with Crippen LogP contribution < -0.4 is 10.6 Å². The van der Waals surface area contributed by atoms with Crippen LogP contribution in [-0.4, -0.2) is 74.0 Å². The van der Waals surface area contributed by atoms with Gasteiger partial charge in [0, 0.05) is 51.7 Å². The van der Waals surface area contributed by atoms with E-state index in [2.05, 4.69) is 39.3 Å². The third kappa shape index (κ3) is 5.68. The number of rotatable bonds is 6. The Morgan fingerprint density at radius 3 is 2.22 bits per heavy atom. The van der Waals surface area contributed by atoms with Crippen LogP contribution in [0.4, 0.5) is 0 Å². The van der Waals surface area contributed by atoms with Crippen LogP contribution in [0.3, 0.4) is 0 Å². The van der Waals surface area contributed by atoms with Crippen LogP contribution in [0.2, 0.25) is 0 Å². The van der Waals surface area contributed by atoms with Crippen LogP contribution in [0.15, 0.2) is 4.99 Å². The normalized spacial score (nSPS) is 19.7. The van der Waals surface area contributed by atoms with Crippen molar-refractivity contribution in [2.75, 3.05) is 52.4 Å². The molecule has 6 heteroatoms. The Kier molecular flexibility index (Phi) is 7.65. The zero-order chi connectivity index (χ0) is 16.5. The molecule has 1 aliphatic heterocycles. The van der Waals surface area contributed by atoms with Crippen LogP contribution in [0, 0.1) is 5.92 Å². The van der Waals surface area contributed by atoms with Crippen LogP contribution in [-0.2, 0) is 4.79 Å². The third-order valence-corrected chi connectivity index (χ3v) is 4.76. The Morgan fingerprint density at radius 1 is 1.04 bits per heavy atom. The molecule has 0 unspecified atom stereocenters. The molecule has 0 radical (unpaired) electrons. The molecule has 0 aromatic carbocycles. The van der Waals surface area contributed by atoms with E-state index in [4.69, 9.17) is 0 Å². The van der Waals surface area contributed by atoms with Crippen molar-refractivity contribution in [1.82, 2.24) is 20.4 Å². The maximum atomic E-state index is 12.4. The number of piperazine rings is 1. The first kappa shape index (κ1) is 18.0. The third-order valence-electron chi connectivity index (χ3n) is 4.76. The van der Waals surface area contributed by atoms with E-state index in [0.717, 1.165) is 71.2 Å². The van der Waals surface area contributed by atoms with Gasteiger partial charge in [-0.15, -0.1) is 0 Å². The molecule has 2 aliphatic rings. The van der Waals surface area contributed by atoms with Crippen LogP contribution in [0.25, 0.3) is 0 Å². The van der Waals surface area contributed by atoms with Gasteiger partial charge in [0.25, 0.3) is 0 Å². The smallest absolute Gasteiger partial charge is 0.225 e. The van der Waals surface area contributed by atoms with Gasteiger partial charge in [0.2, 0.25) is 5.91 Å². The number of amides is 1. The topological polar surface area (TPSA) is 60.0 Å². The summed E-state index contributed by atoms with van der Waals surface area (Å²) in [6.45, 7) is 11.4. The highest BCUT2D eigenvalue weighted by atomic mass is 16.2. The lowest BCUT2D eigenvalue weighted by Gasteiger charge is -2.35. The fraction of sp³-hybridized carbons (Fsp3) is 0.882. The summed E-state index contributed by atoms with van der Waals surface area (Å²) in [6, 6.07) is 0. The van der Waals surface area contributed by atoms with Crippen molar-refractivity contribution in [1.29, 1.82) is 0 Å². The summed E-state index contributed by atoms with van der Waals surface area (Å²) >= 11 is 0. The minimum atomic E-state index is 0.314. The minimum absolute atomic E-state index is 0.314. The highest BCUT2D eigenvalue weighted by Gasteiger charge is 2.29. The quantitative estimate of drug-likeness (QED) is 0.563. The van der Waals surface area contributed by atoms with E-state index in [1.165, 1.54) is 12.8 Å². The molecule has 1 aliphatic carbocycles. The summed E-state index contributed by atoms with van der Waals surface area (Å²) in [6.07, 6.45) is 4.67. The lowest BCUT2D eigenvalue weighted by molar-refractivity contribution is -0.137. The molecule has 1 saturated heterocycles. The van der Waals surface area contributed by atoms with E-state index >= 15 is 0 Å². The first-order valence-electron chi connectivity index (χ1n) is 9.28. The molecule has 2 N–H and O–H groups in total.